The number of urea groups is 1. The zero-order valence-electron chi connectivity index (χ0n) is 22.0. The molecule has 1 aromatic heterocycles. The molecule has 1 aliphatic heterocycles. The molecule has 200 valence electrons. The highest BCUT2D eigenvalue weighted by Gasteiger charge is 2.16. The smallest absolute Gasteiger partial charge is 0.321 e. The number of fused-ring (bicyclic) bond motifs is 1. The molecule has 0 bridgehead atoms. The van der Waals surface area contributed by atoms with E-state index in [1.807, 2.05) is 67.3 Å². The molecule has 4 N–H and O–H groups in total. The van der Waals surface area contributed by atoms with E-state index in [9.17, 15) is 9.59 Å². The van der Waals surface area contributed by atoms with Crippen LogP contribution in [-0.2, 0) is 17.6 Å². The topological polar surface area (TPSA) is 102 Å². The number of amides is 3. The van der Waals surface area contributed by atoms with Crippen LogP contribution in [0.15, 0.2) is 59.5 Å². The number of nitrogens with zero attached hydrogens (tertiary/aromatic N) is 2. The van der Waals surface area contributed by atoms with Crippen LogP contribution in [0.4, 0.5) is 16.2 Å². The number of H-pyrrole nitrogens is 1. The number of rotatable bonds is 8. The molecule has 0 atom stereocenters. The third-order valence-electron chi connectivity index (χ3n) is 6.55. The number of benzene rings is 2. The molecule has 0 radical (unpaired) electrons. The third-order valence-corrected chi connectivity index (χ3v) is 6.85. The number of carbonyl (C=O) groups is 2. The van der Waals surface area contributed by atoms with Gasteiger partial charge in [-0.15, -0.1) is 12.6 Å². The van der Waals surface area contributed by atoms with E-state index in [0.717, 1.165) is 78.0 Å². The van der Waals surface area contributed by atoms with Crippen LogP contribution in [0.3, 0.4) is 0 Å². The Kier molecular flexibility index (Phi) is 9.62. The van der Waals surface area contributed by atoms with Gasteiger partial charge in [0.15, 0.2) is 0 Å². The van der Waals surface area contributed by atoms with Crippen molar-refractivity contribution in [1.82, 2.24) is 20.4 Å². The van der Waals surface area contributed by atoms with Crippen LogP contribution in [0.5, 0.6) is 0 Å². The number of nitrogens with one attached hydrogen (secondary N) is 4. The predicted octanol–water partition coefficient (Wildman–Crippen LogP) is 5.20. The highest BCUT2D eigenvalue weighted by molar-refractivity contribution is 7.84. The fourth-order valence-corrected chi connectivity index (χ4v) is 4.72. The van der Waals surface area contributed by atoms with Crippen molar-refractivity contribution < 1.29 is 9.59 Å². The summed E-state index contributed by atoms with van der Waals surface area (Å²) in [5.74, 6) is -0.112. The minimum atomic E-state index is -0.112. The summed E-state index contributed by atoms with van der Waals surface area (Å²) in [7, 11) is 0. The van der Waals surface area contributed by atoms with Crippen LogP contribution in [0.1, 0.15) is 36.6 Å². The predicted molar refractivity (Wildman–Crippen MR) is 158 cm³/mol. The van der Waals surface area contributed by atoms with Gasteiger partial charge in [-0.2, -0.15) is 5.10 Å². The summed E-state index contributed by atoms with van der Waals surface area (Å²) in [6.07, 6.45) is 8.28. The van der Waals surface area contributed by atoms with Gasteiger partial charge < -0.3 is 20.9 Å². The maximum absolute atomic E-state index is 12.7. The molecule has 38 heavy (non-hydrogen) atoms. The van der Waals surface area contributed by atoms with E-state index in [4.69, 9.17) is 0 Å². The Morgan fingerprint density at radius 2 is 2.00 bits per heavy atom. The summed E-state index contributed by atoms with van der Waals surface area (Å²) >= 11 is 4.39. The van der Waals surface area contributed by atoms with E-state index in [-0.39, 0.29) is 18.4 Å². The zero-order chi connectivity index (χ0) is 26.9. The minimum Gasteiger partial charge on any atom is -0.326 e. The number of hydrogen-bond acceptors (Lipinski definition) is 5. The zero-order valence-corrected chi connectivity index (χ0v) is 22.9. The molecule has 0 aliphatic carbocycles. The van der Waals surface area contributed by atoms with Crippen LogP contribution in [0, 0.1) is 6.92 Å². The van der Waals surface area contributed by atoms with E-state index in [0.29, 0.717) is 11.4 Å². The molecule has 1 aliphatic rings. The molecule has 2 heterocycles. The number of aryl methyl sites for hydroxylation is 3. The second-order valence-electron chi connectivity index (χ2n) is 9.52. The van der Waals surface area contributed by atoms with Gasteiger partial charge in [0.2, 0.25) is 5.91 Å². The average molecular weight is 533 g/mol. The minimum absolute atomic E-state index is 0.0577. The van der Waals surface area contributed by atoms with E-state index in [2.05, 4.69) is 44.8 Å². The van der Waals surface area contributed by atoms with Crippen molar-refractivity contribution in [3.05, 3.63) is 76.4 Å². The van der Waals surface area contributed by atoms with E-state index in [1.54, 1.807) is 0 Å². The van der Waals surface area contributed by atoms with Gasteiger partial charge in [0.1, 0.15) is 0 Å². The lowest BCUT2D eigenvalue weighted by Gasteiger charge is -2.20. The monoisotopic (exact) mass is 532 g/mol. The normalized spacial score (nSPS) is 14.6. The van der Waals surface area contributed by atoms with E-state index >= 15 is 0 Å². The van der Waals surface area contributed by atoms with Crippen molar-refractivity contribution in [2.45, 2.75) is 39.5 Å². The summed E-state index contributed by atoms with van der Waals surface area (Å²) < 4.78 is 0. The van der Waals surface area contributed by atoms with E-state index in [1.165, 1.54) is 0 Å². The molecule has 2 aromatic carbocycles. The van der Waals surface area contributed by atoms with Gasteiger partial charge >= 0.3 is 6.03 Å². The second kappa shape index (κ2) is 13.3. The first-order valence-corrected chi connectivity index (χ1v) is 13.5. The number of aromatic nitrogens is 2. The SMILES string of the molecule is C/C=C\C=C(/S)CC(=O)Nc1cc2c(CCc3cccc(NC(=O)N4CCCNCC4)c3)[nH]nc2cc1C. The number of aromatic amines is 1. The maximum Gasteiger partial charge on any atom is 0.321 e. The van der Waals surface area contributed by atoms with Crippen molar-refractivity contribution in [1.29, 1.82) is 0 Å². The lowest BCUT2D eigenvalue weighted by Crippen LogP contribution is -2.37. The lowest BCUT2D eigenvalue weighted by atomic mass is 10.0. The molecular weight excluding hydrogens is 496 g/mol. The number of thiol groups is 1. The summed E-state index contributed by atoms with van der Waals surface area (Å²) in [6.45, 7) is 7.12. The Morgan fingerprint density at radius 1 is 1.13 bits per heavy atom. The van der Waals surface area contributed by atoms with Crippen LogP contribution >= 0.6 is 12.6 Å². The first-order chi connectivity index (χ1) is 18.4. The number of hydrogen-bond donors (Lipinski definition) is 5. The lowest BCUT2D eigenvalue weighted by molar-refractivity contribution is -0.115. The molecule has 3 aromatic rings. The van der Waals surface area contributed by atoms with Crippen LogP contribution in [0.2, 0.25) is 0 Å². The van der Waals surface area contributed by atoms with Crippen molar-refractivity contribution in [3.63, 3.8) is 0 Å². The molecule has 8 nitrogen and oxygen atoms in total. The Balaban J connectivity index is 1.41. The van der Waals surface area contributed by atoms with Crippen molar-refractivity contribution in [2.24, 2.45) is 0 Å². The maximum atomic E-state index is 12.7. The number of carbonyl (C=O) groups excluding carboxylic acids is 2. The fourth-order valence-electron chi connectivity index (χ4n) is 4.49. The van der Waals surface area contributed by atoms with Gasteiger partial charge in [-0.3, -0.25) is 9.89 Å². The van der Waals surface area contributed by atoms with Crippen LogP contribution in [0.25, 0.3) is 10.9 Å². The van der Waals surface area contributed by atoms with Crippen molar-refractivity contribution in [2.75, 3.05) is 36.8 Å². The Labute approximate surface area is 229 Å². The van der Waals surface area contributed by atoms with E-state index < -0.39 is 0 Å². The highest BCUT2D eigenvalue weighted by atomic mass is 32.1. The molecule has 0 saturated carbocycles. The molecule has 1 fully saturated rings. The molecule has 9 heteroatoms. The first-order valence-electron chi connectivity index (χ1n) is 13.1. The van der Waals surface area contributed by atoms with Crippen LogP contribution < -0.4 is 16.0 Å². The standard InChI is InChI=1S/C29H36N6O2S/c1-3-4-9-23(38)18-28(36)32-26-19-24-25(33-34-27(24)16-20(26)2)11-10-21-7-5-8-22(17-21)31-29(37)35-14-6-12-30-13-15-35/h3-5,7-9,16-17,19,30,38H,6,10-15,18H2,1-2H3,(H,31,37)(H,32,36)(H,33,34)/b4-3-,23-9-. The van der Waals surface area contributed by atoms with Gasteiger partial charge in [0, 0.05) is 42.1 Å². The molecule has 0 spiro atoms. The molecule has 1 saturated heterocycles. The van der Waals surface area contributed by atoms with Crippen LogP contribution in [-0.4, -0.2) is 53.2 Å². The fraction of sp³-hybridized carbons (Fsp3) is 0.345. The van der Waals surface area contributed by atoms with Gasteiger partial charge in [0.05, 0.1) is 11.9 Å². The van der Waals surface area contributed by atoms with Gasteiger partial charge in [-0.05, 0) is 80.0 Å². The van der Waals surface area contributed by atoms with Crippen molar-refractivity contribution in [3.8, 4) is 0 Å². The first kappa shape index (κ1) is 27.5. The summed E-state index contributed by atoms with van der Waals surface area (Å²) in [5, 5.41) is 18.0. The van der Waals surface area contributed by atoms with Crippen molar-refractivity contribution >= 4 is 46.8 Å². The molecule has 3 amide bonds. The quantitative estimate of drug-likeness (QED) is 0.203. The Morgan fingerprint density at radius 3 is 2.84 bits per heavy atom. The molecule has 0 unspecified atom stereocenters. The molecular formula is C29H36N6O2S. The summed E-state index contributed by atoms with van der Waals surface area (Å²) in [6, 6.07) is 11.9. The Bertz CT molecular complexity index is 1340. The second-order valence-corrected chi connectivity index (χ2v) is 10.1. The Hall–Kier alpha value is -3.56. The average Bonchev–Trinajstić information content (AvgIpc) is 3.09. The van der Waals surface area contributed by atoms with Gasteiger partial charge in [-0.1, -0.05) is 30.4 Å². The van der Waals surface area contributed by atoms with Gasteiger partial charge in [0.25, 0.3) is 0 Å². The molecule has 4 rings (SSSR count). The summed E-state index contributed by atoms with van der Waals surface area (Å²) in [4.78, 5) is 27.8. The third kappa shape index (κ3) is 7.49. The van der Waals surface area contributed by atoms with Gasteiger partial charge in [-0.25, -0.2) is 4.79 Å². The highest BCUT2D eigenvalue weighted by Crippen LogP contribution is 2.26. The number of anilines is 2. The largest absolute Gasteiger partial charge is 0.326 e. The number of allylic oxidation sites excluding steroid dienone is 3. The summed E-state index contributed by atoms with van der Waals surface area (Å²) in [5.41, 5.74) is 5.51.